The number of nitrogens with one attached hydrogen (secondary N) is 1. The Bertz CT molecular complexity index is 1000. The number of benzene rings is 1. The molecule has 0 atom stereocenters. The molecule has 25 heavy (non-hydrogen) atoms. The Hall–Kier alpha value is -2.82. The number of aryl methyl sites for hydroxylation is 3. The number of hydrogen-bond acceptors (Lipinski definition) is 4. The van der Waals surface area contributed by atoms with Crippen LogP contribution >= 0.6 is 0 Å². The van der Waals surface area contributed by atoms with E-state index in [0.29, 0.717) is 30.1 Å². The lowest BCUT2D eigenvalue weighted by Gasteiger charge is -2.08. The zero-order chi connectivity index (χ0) is 18.0. The second kappa shape index (κ2) is 6.97. The maximum atomic E-state index is 12.2. The molecule has 0 unspecified atom stereocenters. The molecule has 0 saturated heterocycles. The van der Waals surface area contributed by atoms with Crippen molar-refractivity contribution in [2.24, 2.45) is 0 Å². The van der Waals surface area contributed by atoms with Gasteiger partial charge in [-0.25, -0.2) is 15.0 Å². The molecular formula is C20H22N4O. The van der Waals surface area contributed by atoms with Crippen molar-refractivity contribution in [3.05, 3.63) is 75.4 Å². The summed E-state index contributed by atoms with van der Waals surface area (Å²) in [7, 11) is 0. The van der Waals surface area contributed by atoms with E-state index in [1.54, 1.807) is 6.08 Å². The summed E-state index contributed by atoms with van der Waals surface area (Å²) in [4.78, 5) is 28.8. The van der Waals surface area contributed by atoms with Crippen molar-refractivity contribution in [2.45, 2.75) is 40.0 Å². The first-order valence-corrected chi connectivity index (χ1v) is 8.47. The minimum atomic E-state index is -0.118. The SMILES string of the molecule is C=CCc1c(C)nc(Cc2nc(C)c3cc(CC)ccc3n2)[nH]c1=O. The smallest absolute Gasteiger partial charge is 0.254 e. The number of H-pyrrole nitrogens is 1. The van der Waals surface area contributed by atoms with Crippen molar-refractivity contribution in [1.82, 2.24) is 19.9 Å². The Labute approximate surface area is 146 Å². The van der Waals surface area contributed by atoms with Gasteiger partial charge < -0.3 is 4.98 Å². The Kier molecular flexibility index (Phi) is 4.74. The van der Waals surface area contributed by atoms with Crippen molar-refractivity contribution in [3.8, 4) is 0 Å². The van der Waals surface area contributed by atoms with Gasteiger partial charge in [-0.3, -0.25) is 4.79 Å². The van der Waals surface area contributed by atoms with Gasteiger partial charge in [-0.15, -0.1) is 6.58 Å². The monoisotopic (exact) mass is 334 g/mol. The quantitative estimate of drug-likeness (QED) is 0.727. The van der Waals surface area contributed by atoms with E-state index in [9.17, 15) is 4.79 Å². The molecule has 2 heterocycles. The molecule has 0 spiro atoms. The lowest BCUT2D eigenvalue weighted by atomic mass is 10.1. The van der Waals surface area contributed by atoms with Crippen molar-refractivity contribution in [1.29, 1.82) is 0 Å². The van der Waals surface area contributed by atoms with Crippen LogP contribution in [0.25, 0.3) is 10.9 Å². The molecule has 1 aromatic carbocycles. The molecule has 0 amide bonds. The number of aromatic amines is 1. The normalized spacial score (nSPS) is 11.0. The van der Waals surface area contributed by atoms with Gasteiger partial charge in [0, 0.05) is 22.3 Å². The first kappa shape index (κ1) is 17.0. The highest BCUT2D eigenvalue weighted by Crippen LogP contribution is 2.18. The summed E-state index contributed by atoms with van der Waals surface area (Å²) in [5.41, 5.74) is 4.39. The lowest BCUT2D eigenvalue weighted by Crippen LogP contribution is -2.19. The van der Waals surface area contributed by atoms with Crippen LogP contribution in [0.2, 0.25) is 0 Å². The molecule has 0 aliphatic rings. The van der Waals surface area contributed by atoms with Gasteiger partial charge in [-0.1, -0.05) is 19.1 Å². The number of aromatic nitrogens is 4. The maximum Gasteiger partial charge on any atom is 0.254 e. The fourth-order valence-electron chi connectivity index (χ4n) is 2.97. The van der Waals surface area contributed by atoms with Gasteiger partial charge in [0.2, 0.25) is 0 Å². The molecule has 0 fully saturated rings. The highest BCUT2D eigenvalue weighted by molar-refractivity contribution is 5.81. The largest absolute Gasteiger partial charge is 0.310 e. The fourth-order valence-corrected chi connectivity index (χ4v) is 2.97. The van der Waals surface area contributed by atoms with Gasteiger partial charge in [-0.05, 0) is 44.4 Å². The summed E-state index contributed by atoms with van der Waals surface area (Å²) in [6, 6.07) is 6.26. The molecule has 3 aromatic rings. The van der Waals surface area contributed by atoms with Crippen LogP contribution in [0, 0.1) is 13.8 Å². The van der Waals surface area contributed by atoms with Gasteiger partial charge in [0.25, 0.3) is 5.56 Å². The molecular weight excluding hydrogens is 312 g/mol. The summed E-state index contributed by atoms with van der Waals surface area (Å²) in [5, 5.41) is 1.07. The van der Waals surface area contributed by atoms with E-state index in [4.69, 9.17) is 0 Å². The van der Waals surface area contributed by atoms with Gasteiger partial charge in [0.1, 0.15) is 11.6 Å². The highest BCUT2D eigenvalue weighted by Gasteiger charge is 2.10. The van der Waals surface area contributed by atoms with E-state index in [0.717, 1.165) is 28.7 Å². The van der Waals surface area contributed by atoms with Crippen molar-refractivity contribution in [2.75, 3.05) is 0 Å². The molecule has 0 radical (unpaired) electrons. The third-order valence-electron chi connectivity index (χ3n) is 4.35. The minimum absolute atomic E-state index is 0.118. The number of rotatable bonds is 5. The maximum absolute atomic E-state index is 12.2. The molecule has 2 aromatic heterocycles. The third kappa shape index (κ3) is 3.50. The summed E-state index contributed by atoms with van der Waals surface area (Å²) in [6.45, 7) is 9.64. The van der Waals surface area contributed by atoms with Crippen LogP contribution in [0.3, 0.4) is 0 Å². The predicted octanol–water partition coefficient (Wildman–Crippen LogP) is 3.21. The number of fused-ring (bicyclic) bond motifs is 1. The average molecular weight is 334 g/mol. The standard InChI is InChI=1S/C20H22N4O/c1-5-7-15-12(3)21-19(24-20(15)25)11-18-22-13(4)16-10-14(6-2)8-9-17(16)23-18/h5,8-10H,1,6-7,11H2,2-4H3,(H,21,24,25). The number of allylic oxidation sites excluding steroid dienone is 1. The van der Waals surface area contributed by atoms with E-state index in [1.807, 2.05) is 19.9 Å². The first-order valence-electron chi connectivity index (χ1n) is 8.47. The summed E-state index contributed by atoms with van der Waals surface area (Å²) in [5.74, 6) is 1.24. The molecule has 0 saturated carbocycles. The summed E-state index contributed by atoms with van der Waals surface area (Å²) >= 11 is 0. The van der Waals surface area contributed by atoms with E-state index >= 15 is 0 Å². The first-order chi connectivity index (χ1) is 12.0. The molecule has 3 rings (SSSR count). The van der Waals surface area contributed by atoms with Crippen LogP contribution < -0.4 is 5.56 Å². The number of hydrogen-bond donors (Lipinski definition) is 1. The zero-order valence-corrected chi connectivity index (χ0v) is 14.9. The van der Waals surface area contributed by atoms with Crippen molar-refractivity contribution < 1.29 is 0 Å². The Morgan fingerprint density at radius 3 is 2.64 bits per heavy atom. The Morgan fingerprint density at radius 2 is 1.96 bits per heavy atom. The van der Waals surface area contributed by atoms with Crippen LogP contribution in [0.15, 0.2) is 35.6 Å². The lowest BCUT2D eigenvalue weighted by molar-refractivity contribution is 0.849. The Balaban J connectivity index is 1.98. The average Bonchev–Trinajstić information content (AvgIpc) is 2.58. The molecule has 128 valence electrons. The van der Waals surface area contributed by atoms with Crippen LogP contribution in [-0.4, -0.2) is 19.9 Å². The van der Waals surface area contributed by atoms with Gasteiger partial charge >= 0.3 is 0 Å². The minimum Gasteiger partial charge on any atom is -0.310 e. The van der Waals surface area contributed by atoms with E-state index in [-0.39, 0.29) is 5.56 Å². The summed E-state index contributed by atoms with van der Waals surface area (Å²) < 4.78 is 0. The van der Waals surface area contributed by atoms with Gasteiger partial charge in [0.15, 0.2) is 0 Å². The molecule has 5 heteroatoms. The van der Waals surface area contributed by atoms with Crippen LogP contribution in [0.4, 0.5) is 0 Å². The molecule has 1 N–H and O–H groups in total. The zero-order valence-electron chi connectivity index (χ0n) is 14.9. The predicted molar refractivity (Wildman–Crippen MR) is 100.0 cm³/mol. The van der Waals surface area contributed by atoms with E-state index in [2.05, 4.69) is 45.6 Å². The number of nitrogens with zero attached hydrogens (tertiary/aromatic N) is 3. The van der Waals surface area contributed by atoms with E-state index in [1.165, 1.54) is 5.56 Å². The van der Waals surface area contributed by atoms with Crippen molar-refractivity contribution >= 4 is 10.9 Å². The molecule has 0 aliphatic heterocycles. The summed E-state index contributed by atoms with van der Waals surface area (Å²) in [6.07, 6.45) is 3.61. The molecule has 0 aliphatic carbocycles. The molecule has 5 nitrogen and oxygen atoms in total. The highest BCUT2D eigenvalue weighted by atomic mass is 16.1. The second-order valence-electron chi connectivity index (χ2n) is 6.18. The Morgan fingerprint density at radius 1 is 1.16 bits per heavy atom. The van der Waals surface area contributed by atoms with Gasteiger partial charge in [0.05, 0.1) is 11.9 Å². The fraction of sp³-hybridized carbons (Fsp3) is 0.300. The topological polar surface area (TPSA) is 71.5 Å². The third-order valence-corrected chi connectivity index (χ3v) is 4.35. The van der Waals surface area contributed by atoms with E-state index < -0.39 is 0 Å². The molecule has 0 bridgehead atoms. The van der Waals surface area contributed by atoms with Crippen molar-refractivity contribution in [3.63, 3.8) is 0 Å². The van der Waals surface area contributed by atoms with Crippen LogP contribution in [0.1, 0.15) is 41.1 Å². The second-order valence-corrected chi connectivity index (χ2v) is 6.18. The van der Waals surface area contributed by atoms with Crippen LogP contribution in [-0.2, 0) is 19.3 Å². The van der Waals surface area contributed by atoms with Crippen LogP contribution in [0.5, 0.6) is 0 Å². The van der Waals surface area contributed by atoms with Gasteiger partial charge in [-0.2, -0.15) is 0 Å².